The zero-order chi connectivity index (χ0) is 11.5. The summed E-state index contributed by atoms with van der Waals surface area (Å²) >= 11 is 1.32. The van der Waals surface area contributed by atoms with Gasteiger partial charge in [0.15, 0.2) is 0 Å². The number of benzene rings is 1. The maximum atomic E-state index is 13.4. The summed E-state index contributed by atoms with van der Waals surface area (Å²) in [6, 6.07) is 3.58. The van der Waals surface area contributed by atoms with Crippen molar-refractivity contribution in [1.29, 1.82) is 0 Å². The number of thioether (sulfide) groups is 1. The van der Waals surface area contributed by atoms with Crippen LogP contribution in [0.3, 0.4) is 0 Å². The van der Waals surface area contributed by atoms with E-state index in [9.17, 15) is 13.9 Å². The lowest BCUT2D eigenvalue weighted by atomic mass is 9.97. The van der Waals surface area contributed by atoms with Gasteiger partial charge >= 0.3 is 0 Å². The zero-order valence-electron chi connectivity index (χ0n) is 8.83. The Morgan fingerprint density at radius 2 is 1.94 bits per heavy atom. The predicted molar refractivity (Wildman–Crippen MR) is 60.5 cm³/mol. The fraction of sp³-hybridized carbons (Fsp3) is 0.500. The summed E-state index contributed by atoms with van der Waals surface area (Å²) in [6.45, 7) is 0. The summed E-state index contributed by atoms with van der Waals surface area (Å²) in [4.78, 5) is 0.423. The van der Waals surface area contributed by atoms with Crippen molar-refractivity contribution >= 4 is 11.8 Å². The van der Waals surface area contributed by atoms with Crippen LogP contribution < -0.4 is 0 Å². The Kier molecular flexibility index (Phi) is 3.82. The highest BCUT2D eigenvalue weighted by atomic mass is 32.2. The smallest absolute Gasteiger partial charge is 0.139 e. The molecule has 1 aromatic carbocycles. The Labute approximate surface area is 97.9 Å². The molecule has 16 heavy (non-hydrogen) atoms. The van der Waals surface area contributed by atoms with Crippen molar-refractivity contribution in [2.45, 2.75) is 41.9 Å². The topological polar surface area (TPSA) is 20.2 Å². The van der Waals surface area contributed by atoms with E-state index in [1.807, 2.05) is 0 Å². The molecule has 0 heterocycles. The Morgan fingerprint density at radius 1 is 1.19 bits per heavy atom. The Morgan fingerprint density at radius 3 is 2.62 bits per heavy atom. The van der Waals surface area contributed by atoms with Crippen LogP contribution in [0.4, 0.5) is 8.78 Å². The first-order valence-corrected chi connectivity index (χ1v) is 6.34. The quantitative estimate of drug-likeness (QED) is 0.860. The van der Waals surface area contributed by atoms with Crippen molar-refractivity contribution in [3.63, 3.8) is 0 Å². The minimum absolute atomic E-state index is 0.0358. The number of hydrogen-bond donors (Lipinski definition) is 1. The Hall–Kier alpha value is -0.610. The van der Waals surface area contributed by atoms with Gasteiger partial charge in [0.1, 0.15) is 11.6 Å². The third-order valence-corrected chi connectivity index (χ3v) is 4.28. The van der Waals surface area contributed by atoms with Crippen molar-refractivity contribution < 1.29 is 13.9 Å². The van der Waals surface area contributed by atoms with Crippen molar-refractivity contribution in [2.24, 2.45) is 0 Å². The van der Waals surface area contributed by atoms with Gasteiger partial charge in [-0.1, -0.05) is 12.8 Å². The zero-order valence-corrected chi connectivity index (χ0v) is 9.64. The molecule has 0 bridgehead atoms. The second kappa shape index (κ2) is 5.15. The molecule has 88 valence electrons. The average molecular weight is 244 g/mol. The monoisotopic (exact) mass is 244 g/mol. The Bertz CT molecular complexity index is 370. The summed E-state index contributed by atoms with van der Waals surface area (Å²) in [5.74, 6) is -1.10. The molecule has 1 fully saturated rings. The first-order chi connectivity index (χ1) is 7.66. The number of rotatable bonds is 2. The van der Waals surface area contributed by atoms with E-state index in [-0.39, 0.29) is 11.4 Å². The molecule has 0 unspecified atom stereocenters. The van der Waals surface area contributed by atoms with E-state index in [1.54, 1.807) is 0 Å². The van der Waals surface area contributed by atoms with Gasteiger partial charge in [0, 0.05) is 16.2 Å². The molecule has 0 radical (unpaired) electrons. The van der Waals surface area contributed by atoms with E-state index in [2.05, 4.69) is 0 Å². The number of aliphatic hydroxyl groups excluding tert-OH is 1. The highest BCUT2D eigenvalue weighted by molar-refractivity contribution is 8.00. The molecular formula is C12H14F2OS. The summed E-state index contributed by atoms with van der Waals surface area (Å²) in [5, 5.41) is 9.79. The van der Waals surface area contributed by atoms with E-state index < -0.39 is 11.6 Å². The first-order valence-electron chi connectivity index (χ1n) is 5.46. The molecule has 1 N–H and O–H groups in total. The fourth-order valence-corrected chi connectivity index (χ4v) is 3.17. The molecule has 1 aromatic rings. The Balaban J connectivity index is 2.07. The summed E-state index contributed by atoms with van der Waals surface area (Å²) in [6.07, 6.45) is 3.40. The predicted octanol–water partition coefficient (Wildman–Crippen LogP) is 3.36. The van der Waals surface area contributed by atoms with E-state index >= 15 is 0 Å². The van der Waals surface area contributed by atoms with Crippen LogP contribution in [0.5, 0.6) is 0 Å². The van der Waals surface area contributed by atoms with E-state index in [4.69, 9.17) is 0 Å². The second-order valence-electron chi connectivity index (χ2n) is 4.08. The van der Waals surface area contributed by atoms with Gasteiger partial charge in [0.25, 0.3) is 0 Å². The molecule has 1 saturated carbocycles. The maximum absolute atomic E-state index is 13.4. The molecule has 0 aromatic heterocycles. The fourth-order valence-electron chi connectivity index (χ4n) is 1.95. The molecule has 0 amide bonds. The van der Waals surface area contributed by atoms with Crippen LogP contribution in [-0.4, -0.2) is 16.5 Å². The SMILES string of the molecule is O[C@@H]1CCCC[C@H]1Sc1ccc(F)cc1F. The molecule has 1 nitrogen and oxygen atoms in total. The van der Waals surface area contributed by atoms with Gasteiger partial charge in [0.05, 0.1) is 6.10 Å². The average Bonchev–Trinajstić information content (AvgIpc) is 2.25. The molecule has 4 heteroatoms. The van der Waals surface area contributed by atoms with Crippen LogP contribution in [0.25, 0.3) is 0 Å². The largest absolute Gasteiger partial charge is 0.392 e. The lowest BCUT2D eigenvalue weighted by Crippen LogP contribution is -2.26. The number of halogens is 2. The van der Waals surface area contributed by atoms with Crippen molar-refractivity contribution in [3.05, 3.63) is 29.8 Å². The first kappa shape index (κ1) is 11.9. The van der Waals surface area contributed by atoms with Crippen molar-refractivity contribution in [2.75, 3.05) is 0 Å². The van der Waals surface area contributed by atoms with Crippen molar-refractivity contribution in [1.82, 2.24) is 0 Å². The number of aliphatic hydroxyl groups is 1. The molecule has 0 aliphatic heterocycles. The summed E-state index contributed by atoms with van der Waals surface area (Å²) in [5.41, 5.74) is 0. The minimum atomic E-state index is -0.564. The minimum Gasteiger partial charge on any atom is -0.392 e. The van der Waals surface area contributed by atoms with Crippen LogP contribution >= 0.6 is 11.8 Å². The lowest BCUT2D eigenvalue weighted by Gasteiger charge is -2.26. The van der Waals surface area contributed by atoms with E-state index in [0.29, 0.717) is 4.90 Å². The summed E-state index contributed by atoms with van der Waals surface area (Å²) in [7, 11) is 0. The van der Waals surface area contributed by atoms with Gasteiger partial charge in [-0.2, -0.15) is 0 Å². The highest BCUT2D eigenvalue weighted by Crippen LogP contribution is 2.35. The van der Waals surface area contributed by atoms with Crippen LogP contribution in [0.1, 0.15) is 25.7 Å². The van der Waals surface area contributed by atoms with Gasteiger partial charge in [-0.25, -0.2) is 8.78 Å². The maximum Gasteiger partial charge on any atom is 0.139 e. The van der Waals surface area contributed by atoms with Crippen LogP contribution in [0.2, 0.25) is 0 Å². The molecule has 1 aliphatic carbocycles. The highest BCUT2D eigenvalue weighted by Gasteiger charge is 2.24. The molecular weight excluding hydrogens is 230 g/mol. The molecule has 2 atom stereocenters. The van der Waals surface area contributed by atoms with Gasteiger partial charge in [0.2, 0.25) is 0 Å². The van der Waals surface area contributed by atoms with E-state index in [1.165, 1.54) is 23.9 Å². The molecule has 2 rings (SSSR count). The standard InChI is InChI=1S/C12H14F2OS/c13-8-5-6-11(9(14)7-8)16-12-4-2-1-3-10(12)15/h5-7,10,12,15H,1-4H2/t10-,12-/m1/s1. The third-order valence-electron chi connectivity index (χ3n) is 2.84. The van der Waals surface area contributed by atoms with Crippen LogP contribution in [0, 0.1) is 11.6 Å². The van der Waals surface area contributed by atoms with Gasteiger partial charge in [-0.15, -0.1) is 11.8 Å². The van der Waals surface area contributed by atoms with Gasteiger partial charge in [-0.05, 0) is 25.0 Å². The molecule has 0 saturated heterocycles. The summed E-state index contributed by atoms with van der Waals surface area (Å²) < 4.78 is 26.1. The van der Waals surface area contributed by atoms with Gasteiger partial charge < -0.3 is 5.11 Å². The third kappa shape index (κ3) is 2.74. The van der Waals surface area contributed by atoms with Gasteiger partial charge in [-0.3, -0.25) is 0 Å². The lowest BCUT2D eigenvalue weighted by molar-refractivity contribution is 0.137. The molecule has 1 aliphatic rings. The normalized spacial score (nSPS) is 25.7. The second-order valence-corrected chi connectivity index (χ2v) is 5.36. The van der Waals surface area contributed by atoms with E-state index in [0.717, 1.165) is 31.7 Å². The number of hydrogen-bond acceptors (Lipinski definition) is 2. The molecule has 0 spiro atoms. The van der Waals surface area contributed by atoms with Crippen molar-refractivity contribution in [3.8, 4) is 0 Å². The van der Waals surface area contributed by atoms with Crippen LogP contribution in [0.15, 0.2) is 23.1 Å². The van der Waals surface area contributed by atoms with Crippen LogP contribution in [-0.2, 0) is 0 Å².